The van der Waals surface area contributed by atoms with Gasteiger partial charge in [-0.3, -0.25) is 0 Å². The number of halogens is 1. The summed E-state index contributed by atoms with van der Waals surface area (Å²) in [5, 5.41) is 0. The van der Waals surface area contributed by atoms with Crippen LogP contribution in [0.1, 0.15) is 58.8 Å². The van der Waals surface area contributed by atoms with Crippen LogP contribution in [0, 0.1) is 0 Å². The van der Waals surface area contributed by atoms with Gasteiger partial charge in [0.2, 0.25) is 0 Å². The molecule has 0 aliphatic carbocycles. The molecule has 18 heavy (non-hydrogen) atoms. The molecule has 0 N–H and O–H groups in total. The number of rotatable bonds is 8. The van der Waals surface area contributed by atoms with Crippen molar-refractivity contribution in [3.8, 4) is 0 Å². The van der Waals surface area contributed by atoms with Gasteiger partial charge in [0.15, 0.2) is 0 Å². The van der Waals surface area contributed by atoms with Gasteiger partial charge in [-0.15, -0.1) is 0 Å². The first-order chi connectivity index (χ1) is 8.85. The van der Waals surface area contributed by atoms with Crippen LogP contribution >= 0.6 is 23.0 Å². The maximum Gasteiger partial charge on any atom is 0.110 e. The molecule has 1 rings (SSSR count). The number of benzene rings is 1. The lowest BCUT2D eigenvalue weighted by Crippen LogP contribution is -2.06. The highest BCUT2D eigenvalue weighted by atomic mass is 127. The normalized spacial score (nSPS) is 11.5. The highest BCUT2D eigenvalue weighted by Crippen LogP contribution is 2.14. The summed E-state index contributed by atoms with van der Waals surface area (Å²) in [6, 6.07) is 12.0. The van der Waals surface area contributed by atoms with Gasteiger partial charge >= 0.3 is 0 Å². The van der Waals surface area contributed by atoms with Gasteiger partial charge in [0, 0.05) is 0 Å². The molecule has 0 heterocycles. The van der Waals surface area contributed by atoms with Crippen LogP contribution in [0.2, 0.25) is 0 Å². The van der Waals surface area contributed by atoms with Gasteiger partial charge in [-0.05, 0) is 12.8 Å². The minimum absolute atomic E-state index is 0.507. The fraction of sp³-hybridized carbons (Fsp3) is 0.625. The summed E-state index contributed by atoms with van der Waals surface area (Å²) in [5.41, 5.74) is 0. The average Bonchev–Trinajstić information content (AvgIpc) is 2.45. The zero-order valence-corrected chi connectivity index (χ0v) is 13.9. The SMILES string of the molecule is CCCCCCC(CCC)OI.c1ccccc1. The Kier molecular flexibility index (Phi) is 14.9. The average molecular weight is 362 g/mol. The lowest BCUT2D eigenvalue weighted by Gasteiger charge is -2.11. The fourth-order valence-electron chi connectivity index (χ4n) is 1.74. The van der Waals surface area contributed by atoms with Crippen molar-refractivity contribution < 1.29 is 3.07 Å². The van der Waals surface area contributed by atoms with Crippen molar-refractivity contribution in [1.82, 2.24) is 0 Å². The second-order valence-corrected chi connectivity index (χ2v) is 5.01. The quantitative estimate of drug-likeness (QED) is 0.396. The second kappa shape index (κ2) is 15.0. The van der Waals surface area contributed by atoms with Gasteiger partial charge in [-0.2, -0.15) is 0 Å². The molecule has 0 saturated carbocycles. The van der Waals surface area contributed by atoms with E-state index in [1.165, 1.54) is 44.9 Å². The van der Waals surface area contributed by atoms with Crippen molar-refractivity contribution in [2.75, 3.05) is 0 Å². The molecule has 0 bridgehead atoms. The van der Waals surface area contributed by atoms with Crippen molar-refractivity contribution in [3.05, 3.63) is 36.4 Å². The molecule has 2 heteroatoms. The number of hydrogen-bond donors (Lipinski definition) is 0. The third-order valence-electron chi connectivity index (χ3n) is 2.78. The zero-order valence-electron chi connectivity index (χ0n) is 11.8. The van der Waals surface area contributed by atoms with Crippen LogP contribution in [0.15, 0.2) is 36.4 Å². The fourth-order valence-corrected chi connectivity index (χ4v) is 2.25. The van der Waals surface area contributed by atoms with Crippen molar-refractivity contribution in [3.63, 3.8) is 0 Å². The first-order valence-corrected chi connectivity index (χ1v) is 8.00. The van der Waals surface area contributed by atoms with Crippen molar-refractivity contribution in [2.45, 2.75) is 64.9 Å². The summed E-state index contributed by atoms with van der Waals surface area (Å²) < 4.78 is 5.34. The van der Waals surface area contributed by atoms with Crippen molar-refractivity contribution in [1.29, 1.82) is 0 Å². The molecule has 1 aromatic carbocycles. The molecule has 0 aliphatic rings. The van der Waals surface area contributed by atoms with Crippen molar-refractivity contribution in [2.24, 2.45) is 0 Å². The minimum Gasteiger partial charge on any atom is -0.312 e. The molecule has 1 atom stereocenters. The van der Waals surface area contributed by atoms with E-state index in [2.05, 4.69) is 13.8 Å². The maximum atomic E-state index is 5.34. The summed E-state index contributed by atoms with van der Waals surface area (Å²) >= 11 is 2.03. The summed E-state index contributed by atoms with van der Waals surface area (Å²) in [5.74, 6) is 0. The Hall–Kier alpha value is -0.0900. The van der Waals surface area contributed by atoms with E-state index in [1.807, 2.05) is 59.4 Å². The van der Waals surface area contributed by atoms with Crippen LogP contribution < -0.4 is 0 Å². The molecule has 0 radical (unpaired) electrons. The van der Waals surface area contributed by atoms with Crippen LogP contribution in [0.5, 0.6) is 0 Å². The van der Waals surface area contributed by atoms with E-state index in [0.29, 0.717) is 6.10 Å². The third-order valence-corrected chi connectivity index (χ3v) is 3.50. The van der Waals surface area contributed by atoms with Crippen LogP contribution in [0.3, 0.4) is 0 Å². The van der Waals surface area contributed by atoms with E-state index in [-0.39, 0.29) is 0 Å². The molecule has 1 aromatic rings. The van der Waals surface area contributed by atoms with E-state index in [1.54, 1.807) is 0 Å². The van der Waals surface area contributed by atoms with Gasteiger partial charge in [-0.1, -0.05) is 82.3 Å². The van der Waals surface area contributed by atoms with E-state index < -0.39 is 0 Å². The molecule has 1 unspecified atom stereocenters. The first kappa shape index (κ1) is 17.9. The van der Waals surface area contributed by atoms with Crippen LogP contribution in [0.4, 0.5) is 0 Å². The molecule has 104 valence electrons. The Morgan fingerprint density at radius 3 is 1.72 bits per heavy atom. The Labute approximate surface area is 127 Å². The Bertz CT molecular complexity index is 211. The predicted octanol–water partition coefficient (Wildman–Crippen LogP) is 6.18. The second-order valence-electron chi connectivity index (χ2n) is 4.50. The lowest BCUT2D eigenvalue weighted by molar-refractivity contribution is 0.244. The maximum absolute atomic E-state index is 5.34. The van der Waals surface area contributed by atoms with E-state index in [4.69, 9.17) is 3.07 Å². The van der Waals surface area contributed by atoms with Gasteiger partial charge < -0.3 is 3.07 Å². The molecule has 0 saturated heterocycles. The van der Waals surface area contributed by atoms with Gasteiger partial charge in [0.25, 0.3) is 0 Å². The topological polar surface area (TPSA) is 9.23 Å². The molecular weight excluding hydrogens is 335 g/mol. The summed E-state index contributed by atoms with van der Waals surface area (Å²) in [7, 11) is 0. The van der Waals surface area contributed by atoms with Crippen LogP contribution in [0.25, 0.3) is 0 Å². The number of unbranched alkanes of at least 4 members (excludes halogenated alkanes) is 3. The van der Waals surface area contributed by atoms with Crippen LogP contribution in [-0.4, -0.2) is 6.10 Å². The zero-order chi connectivity index (χ0) is 13.5. The van der Waals surface area contributed by atoms with Crippen LogP contribution in [-0.2, 0) is 3.07 Å². The summed E-state index contributed by atoms with van der Waals surface area (Å²) in [6.45, 7) is 4.47. The highest BCUT2D eigenvalue weighted by Gasteiger charge is 2.05. The minimum atomic E-state index is 0.507. The summed E-state index contributed by atoms with van der Waals surface area (Å²) in [6.07, 6.45) is 9.61. The Morgan fingerprint density at radius 2 is 1.33 bits per heavy atom. The molecular formula is C16H27IO. The highest BCUT2D eigenvalue weighted by molar-refractivity contribution is 14.1. The standard InChI is InChI=1S/C10H21IO.C6H6/c1-3-5-6-7-9-10(12-11)8-4-2;1-2-4-6-5-3-1/h10H,3-9H2,1-2H3;1-6H. The van der Waals surface area contributed by atoms with E-state index >= 15 is 0 Å². The molecule has 0 fully saturated rings. The monoisotopic (exact) mass is 362 g/mol. The first-order valence-electron chi connectivity index (χ1n) is 7.12. The van der Waals surface area contributed by atoms with Gasteiger partial charge in [0.05, 0.1) is 6.10 Å². The molecule has 0 aromatic heterocycles. The lowest BCUT2D eigenvalue weighted by atomic mass is 10.1. The van der Waals surface area contributed by atoms with Gasteiger partial charge in [-0.25, -0.2) is 0 Å². The predicted molar refractivity (Wildman–Crippen MR) is 89.0 cm³/mol. The smallest absolute Gasteiger partial charge is 0.110 e. The van der Waals surface area contributed by atoms with E-state index in [9.17, 15) is 0 Å². The molecule has 1 nitrogen and oxygen atoms in total. The molecule has 0 spiro atoms. The number of hydrogen-bond acceptors (Lipinski definition) is 1. The van der Waals surface area contributed by atoms with Gasteiger partial charge in [0.1, 0.15) is 23.0 Å². The Morgan fingerprint density at radius 1 is 0.778 bits per heavy atom. The third kappa shape index (κ3) is 12.4. The summed E-state index contributed by atoms with van der Waals surface area (Å²) in [4.78, 5) is 0. The largest absolute Gasteiger partial charge is 0.312 e. The molecule has 0 amide bonds. The van der Waals surface area contributed by atoms with E-state index in [0.717, 1.165) is 0 Å². The Balaban J connectivity index is 0.000000397. The molecule has 0 aliphatic heterocycles. The van der Waals surface area contributed by atoms with Crippen molar-refractivity contribution >= 4 is 23.0 Å².